The summed E-state index contributed by atoms with van der Waals surface area (Å²) in [5, 5.41) is 3.28. The zero-order valence-electron chi connectivity index (χ0n) is 12.3. The number of aryl methyl sites for hydroxylation is 1. The van der Waals surface area contributed by atoms with Crippen LogP contribution < -0.4 is 5.32 Å². The van der Waals surface area contributed by atoms with Gasteiger partial charge in [-0.3, -0.25) is 0 Å². The number of nitrogens with one attached hydrogen (secondary N) is 1. The molecule has 0 heterocycles. The molecule has 1 aromatic carbocycles. The molecule has 0 saturated heterocycles. The Morgan fingerprint density at radius 1 is 1.42 bits per heavy atom. The number of benzene rings is 1. The molecule has 106 valence electrons. The lowest BCUT2D eigenvalue weighted by molar-refractivity contribution is -0.141. The van der Waals surface area contributed by atoms with E-state index in [0.29, 0.717) is 5.92 Å². The molecule has 3 nitrogen and oxygen atoms in total. The van der Waals surface area contributed by atoms with Crippen LogP contribution >= 0.6 is 11.8 Å². The largest absolute Gasteiger partial charge is 0.467 e. The van der Waals surface area contributed by atoms with Crippen molar-refractivity contribution in [2.75, 3.05) is 18.7 Å². The second-order valence-corrected chi connectivity index (χ2v) is 5.88. The standard InChI is InChI=1S/C15H23NO2S/c1-10(2)8-13(15(17)18-4)16-12-7-6-11(3)14(9-12)19-5/h6-7,9-10,13,16H,8H2,1-5H3. The molecule has 0 aromatic heterocycles. The van der Waals surface area contributed by atoms with E-state index in [9.17, 15) is 4.79 Å². The average Bonchev–Trinajstić information content (AvgIpc) is 2.38. The van der Waals surface area contributed by atoms with Gasteiger partial charge >= 0.3 is 5.97 Å². The highest BCUT2D eigenvalue weighted by molar-refractivity contribution is 7.98. The summed E-state index contributed by atoms with van der Waals surface area (Å²) < 4.78 is 4.86. The number of esters is 1. The first-order valence-electron chi connectivity index (χ1n) is 6.47. The highest BCUT2D eigenvalue weighted by Gasteiger charge is 2.20. The van der Waals surface area contributed by atoms with Gasteiger partial charge in [-0.25, -0.2) is 4.79 Å². The van der Waals surface area contributed by atoms with E-state index in [-0.39, 0.29) is 12.0 Å². The molecule has 0 radical (unpaired) electrons. The summed E-state index contributed by atoms with van der Waals surface area (Å²) in [6.07, 6.45) is 2.81. The smallest absolute Gasteiger partial charge is 0.328 e. The minimum atomic E-state index is -0.289. The van der Waals surface area contributed by atoms with Crippen LogP contribution in [0.4, 0.5) is 5.69 Å². The molecule has 0 saturated carbocycles. The third-order valence-corrected chi connectivity index (χ3v) is 3.82. The third kappa shape index (κ3) is 4.78. The lowest BCUT2D eigenvalue weighted by Crippen LogP contribution is -2.32. The van der Waals surface area contributed by atoms with E-state index in [1.54, 1.807) is 11.8 Å². The Morgan fingerprint density at radius 3 is 2.63 bits per heavy atom. The minimum Gasteiger partial charge on any atom is -0.467 e. The Balaban J connectivity index is 2.86. The monoisotopic (exact) mass is 281 g/mol. The summed E-state index contributed by atoms with van der Waals surface area (Å²) in [6, 6.07) is 5.86. The van der Waals surface area contributed by atoms with E-state index >= 15 is 0 Å². The van der Waals surface area contributed by atoms with Crippen LogP contribution in [0.3, 0.4) is 0 Å². The molecule has 19 heavy (non-hydrogen) atoms. The molecule has 0 aliphatic heterocycles. The van der Waals surface area contributed by atoms with E-state index in [0.717, 1.165) is 12.1 Å². The fraction of sp³-hybridized carbons (Fsp3) is 0.533. The van der Waals surface area contributed by atoms with Crippen LogP contribution in [0.1, 0.15) is 25.8 Å². The molecule has 0 bridgehead atoms. The van der Waals surface area contributed by atoms with Gasteiger partial charge in [0.15, 0.2) is 0 Å². The van der Waals surface area contributed by atoms with E-state index in [1.807, 2.05) is 6.07 Å². The third-order valence-electron chi connectivity index (χ3n) is 2.94. The Bertz CT molecular complexity index is 432. The van der Waals surface area contributed by atoms with E-state index < -0.39 is 0 Å². The van der Waals surface area contributed by atoms with Crippen LogP contribution in [0.25, 0.3) is 0 Å². The van der Waals surface area contributed by atoms with Crippen LogP contribution in [-0.2, 0) is 9.53 Å². The van der Waals surface area contributed by atoms with Crippen LogP contribution in [0, 0.1) is 12.8 Å². The number of hydrogen-bond acceptors (Lipinski definition) is 4. The van der Waals surface area contributed by atoms with Crippen molar-refractivity contribution in [3.63, 3.8) is 0 Å². The number of thioether (sulfide) groups is 1. The maximum absolute atomic E-state index is 11.8. The predicted molar refractivity (Wildman–Crippen MR) is 81.8 cm³/mol. The van der Waals surface area contributed by atoms with Crippen LogP contribution in [0.2, 0.25) is 0 Å². The van der Waals surface area contributed by atoms with E-state index in [1.165, 1.54) is 17.6 Å². The Kier molecular flexibility index (Phi) is 6.22. The van der Waals surface area contributed by atoms with Gasteiger partial charge in [0, 0.05) is 10.6 Å². The van der Waals surface area contributed by atoms with Crippen molar-refractivity contribution in [2.24, 2.45) is 5.92 Å². The van der Waals surface area contributed by atoms with Gasteiger partial charge in [0.2, 0.25) is 0 Å². The van der Waals surface area contributed by atoms with Gasteiger partial charge in [0.05, 0.1) is 7.11 Å². The van der Waals surface area contributed by atoms with Crippen LogP contribution in [0.5, 0.6) is 0 Å². The fourth-order valence-electron chi connectivity index (χ4n) is 1.94. The molecule has 1 rings (SSSR count). The van der Waals surface area contributed by atoms with Crippen molar-refractivity contribution in [2.45, 2.75) is 38.1 Å². The second kappa shape index (κ2) is 7.43. The van der Waals surface area contributed by atoms with Crippen molar-refractivity contribution < 1.29 is 9.53 Å². The zero-order chi connectivity index (χ0) is 14.4. The lowest BCUT2D eigenvalue weighted by atomic mass is 10.0. The molecule has 4 heteroatoms. The number of methoxy groups -OCH3 is 1. The highest BCUT2D eigenvalue weighted by atomic mass is 32.2. The molecule has 1 N–H and O–H groups in total. The van der Waals surface area contributed by atoms with Crippen molar-refractivity contribution in [3.05, 3.63) is 23.8 Å². The fourth-order valence-corrected chi connectivity index (χ4v) is 2.57. The molecule has 1 aromatic rings. The molecular formula is C15H23NO2S. The van der Waals surface area contributed by atoms with Crippen molar-refractivity contribution in [1.29, 1.82) is 0 Å². The summed E-state index contributed by atoms with van der Waals surface area (Å²) in [5.74, 6) is 0.224. The van der Waals surface area contributed by atoms with E-state index in [2.05, 4.69) is 44.5 Å². The first-order chi connectivity index (χ1) is 8.97. The molecular weight excluding hydrogens is 258 g/mol. The van der Waals surface area contributed by atoms with Crippen LogP contribution in [-0.4, -0.2) is 25.4 Å². The molecule has 0 fully saturated rings. The molecule has 0 amide bonds. The molecule has 0 aliphatic rings. The van der Waals surface area contributed by atoms with Gasteiger partial charge in [0.1, 0.15) is 6.04 Å². The lowest BCUT2D eigenvalue weighted by Gasteiger charge is -2.20. The summed E-state index contributed by atoms with van der Waals surface area (Å²) in [7, 11) is 1.43. The van der Waals surface area contributed by atoms with Gasteiger partial charge in [-0.2, -0.15) is 0 Å². The number of ether oxygens (including phenoxy) is 1. The average molecular weight is 281 g/mol. The zero-order valence-corrected chi connectivity index (χ0v) is 13.1. The maximum atomic E-state index is 11.8. The second-order valence-electron chi connectivity index (χ2n) is 5.03. The SMILES string of the molecule is COC(=O)C(CC(C)C)Nc1ccc(C)c(SC)c1. The van der Waals surface area contributed by atoms with Gasteiger partial charge in [-0.15, -0.1) is 11.8 Å². The summed E-state index contributed by atoms with van der Waals surface area (Å²) >= 11 is 1.71. The number of anilines is 1. The first kappa shape index (κ1) is 15.9. The Morgan fingerprint density at radius 2 is 2.11 bits per heavy atom. The van der Waals surface area contributed by atoms with Crippen molar-refractivity contribution >= 4 is 23.4 Å². The van der Waals surface area contributed by atoms with Gasteiger partial charge in [0.25, 0.3) is 0 Å². The Hall–Kier alpha value is -1.16. The van der Waals surface area contributed by atoms with Gasteiger partial charge in [-0.1, -0.05) is 19.9 Å². The summed E-state index contributed by atoms with van der Waals surface area (Å²) in [6.45, 7) is 6.28. The molecule has 0 aliphatic carbocycles. The van der Waals surface area contributed by atoms with Crippen molar-refractivity contribution in [3.8, 4) is 0 Å². The Labute approximate surface area is 120 Å². The van der Waals surface area contributed by atoms with Crippen molar-refractivity contribution in [1.82, 2.24) is 0 Å². The van der Waals surface area contributed by atoms with Gasteiger partial charge in [-0.05, 0) is 43.2 Å². The predicted octanol–water partition coefficient (Wildman–Crippen LogP) is 3.72. The van der Waals surface area contributed by atoms with E-state index in [4.69, 9.17) is 4.74 Å². The number of carbonyl (C=O) groups excluding carboxylic acids is 1. The van der Waals surface area contributed by atoms with Crippen LogP contribution in [0.15, 0.2) is 23.1 Å². The quantitative estimate of drug-likeness (QED) is 0.637. The number of carbonyl (C=O) groups is 1. The normalized spacial score (nSPS) is 12.3. The van der Waals surface area contributed by atoms with Gasteiger partial charge < -0.3 is 10.1 Å². The highest BCUT2D eigenvalue weighted by Crippen LogP contribution is 2.24. The number of hydrogen-bond donors (Lipinski definition) is 1. The molecule has 0 spiro atoms. The summed E-state index contributed by atoms with van der Waals surface area (Å²) in [5.41, 5.74) is 2.21. The maximum Gasteiger partial charge on any atom is 0.328 e. The summed E-state index contributed by atoms with van der Waals surface area (Å²) in [4.78, 5) is 13.0. The minimum absolute atomic E-state index is 0.208. The molecule has 1 atom stereocenters. The topological polar surface area (TPSA) is 38.3 Å². The molecule has 1 unspecified atom stereocenters. The first-order valence-corrected chi connectivity index (χ1v) is 7.69. The number of rotatable bonds is 6.